The van der Waals surface area contributed by atoms with E-state index in [9.17, 15) is 5.11 Å². The fraction of sp³-hybridized carbons (Fsp3) is 0.571. The van der Waals surface area contributed by atoms with E-state index in [-0.39, 0.29) is 0 Å². The first-order valence-electron chi connectivity index (χ1n) is 6.22. The van der Waals surface area contributed by atoms with Gasteiger partial charge in [0.2, 0.25) is 0 Å². The second-order valence-electron chi connectivity index (χ2n) is 4.79. The van der Waals surface area contributed by atoms with Crippen LogP contribution in [-0.2, 0) is 0 Å². The third kappa shape index (κ3) is 3.23. The minimum Gasteiger partial charge on any atom is -0.496 e. The molecule has 2 nitrogen and oxygen atoms in total. The van der Waals surface area contributed by atoms with E-state index in [4.69, 9.17) is 4.74 Å². The molecule has 1 saturated carbocycles. The Morgan fingerprint density at radius 2 is 2.12 bits per heavy atom. The zero-order valence-electron chi connectivity index (χ0n) is 10.2. The third-order valence-corrected chi connectivity index (χ3v) is 4.08. The van der Waals surface area contributed by atoms with Crippen LogP contribution >= 0.6 is 15.9 Å². The lowest BCUT2D eigenvalue weighted by Gasteiger charge is -2.18. The summed E-state index contributed by atoms with van der Waals surface area (Å²) in [4.78, 5) is 0. The van der Waals surface area contributed by atoms with Crippen LogP contribution in [-0.4, -0.2) is 12.2 Å². The Bertz CT molecular complexity index is 372. The van der Waals surface area contributed by atoms with Crippen molar-refractivity contribution < 1.29 is 9.84 Å². The zero-order chi connectivity index (χ0) is 12.3. The molecule has 1 N–H and O–H groups in total. The molecule has 17 heavy (non-hydrogen) atoms. The molecule has 0 bridgehead atoms. The van der Waals surface area contributed by atoms with E-state index in [2.05, 4.69) is 15.9 Å². The number of benzene rings is 1. The molecule has 0 spiro atoms. The predicted octanol–water partition coefficient (Wildman–Crippen LogP) is 4.07. The molecule has 0 amide bonds. The highest BCUT2D eigenvalue weighted by atomic mass is 79.9. The molecule has 1 aromatic carbocycles. The van der Waals surface area contributed by atoms with E-state index in [1.165, 1.54) is 25.7 Å². The maximum atomic E-state index is 10.3. The molecule has 1 atom stereocenters. The van der Waals surface area contributed by atoms with Gasteiger partial charge in [-0.25, -0.2) is 0 Å². The van der Waals surface area contributed by atoms with Gasteiger partial charge < -0.3 is 9.84 Å². The Labute approximate surface area is 111 Å². The molecule has 3 heteroatoms. The average molecular weight is 299 g/mol. The molecule has 0 aromatic heterocycles. The van der Waals surface area contributed by atoms with Gasteiger partial charge in [0.05, 0.1) is 13.2 Å². The topological polar surface area (TPSA) is 29.5 Å². The summed E-state index contributed by atoms with van der Waals surface area (Å²) in [7, 11) is 1.65. The van der Waals surface area contributed by atoms with Crippen molar-refractivity contribution in [3.05, 3.63) is 28.2 Å². The Hall–Kier alpha value is -0.540. The molecule has 0 aliphatic heterocycles. The van der Waals surface area contributed by atoms with Crippen LogP contribution in [0, 0.1) is 5.92 Å². The lowest BCUT2D eigenvalue weighted by Crippen LogP contribution is -2.06. The zero-order valence-corrected chi connectivity index (χ0v) is 11.7. The molecule has 0 saturated heterocycles. The maximum absolute atomic E-state index is 10.3. The first-order valence-corrected chi connectivity index (χ1v) is 7.01. The summed E-state index contributed by atoms with van der Waals surface area (Å²) in [5, 5.41) is 10.3. The van der Waals surface area contributed by atoms with Crippen LogP contribution in [0.4, 0.5) is 0 Å². The molecule has 1 aliphatic carbocycles. The molecular formula is C14H19BrO2. The van der Waals surface area contributed by atoms with Gasteiger partial charge in [-0.1, -0.05) is 41.6 Å². The summed E-state index contributed by atoms with van der Waals surface area (Å²) in [6, 6.07) is 5.79. The lowest BCUT2D eigenvalue weighted by atomic mass is 9.95. The number of aliphatic hydroxyl groups is 1. The maximum Gasteiger partial charge on any atom is 0.124 e. The molecule has 2 rings (SSSR count). The quantitative estimate of drug-likeness (QED) is 0.908. The van der Waals surface area contributed by atoms with Crippen molar-refractivity contribution in [1.29, 1.82) is 0 Å². The van der Waals surface area contributed by atoms with Crippen LogP contribution in [0.5, 0.6) is 5.75 Å². The van der Waals surface area contributed by atoms with E-state index in [1.807, 2.05) is 18.2 Å². The monoisotopic (exact) mass is 298 g/mol. The first kappa shape index (κ1) is 12.9. The highest BCUT2D eigenvalue weighted by molar-refractivity contribution is 9.10. The van der Waals surface area contributed by atoms with E-state index in [0.717, 1.165) is 22.2 Å². The van der Waals surface area contributed by atoms with Crippen LogP contribution in [0.1, 0.15) is 43.8 Å². The van der Waals surface area contributed by atoms with Crippen molar-refractivity contribution in [3.8, 4) is 5.75 Å². The van der Waals surface area contributed by atoms with Gasteiger partial charge in [0, 0.05) is 10.0 Å². The smallest absolute Gasteiger partial charge is 0.124 e. The predicted molar refractivity (Wildman–Crippen MR) is 72.2 cm³/mol. The highest BCUT2D eigenvalue weighted by Crippen LogP contribution is 2.36. The molecule has 1 aliphatic rings. The SMILES string of the molecule is COc1ccc(Br)cc1C(O)CC1CCCC1. The van der Waals surface area contributed by atoms with Gasteiger partial charge in [0.1, 0.15) is 5.75 Å². The van der Waals surface area contributed by atoms with E-state index in [1.54, 1.807) is 7.11 Å². The Morgan fingerprint density at radius 1 is 1.41 bits per heavy atom. The fourth-order valence-electron chi connectivity index (χ4n) is 2.65. The van der Waals surface area contributed by atoms with Crippen LogP contribution < -0.4 is 4.74 Å². The summed E-state index contributed by atoms with van der Waals surface area (Å²) in [6.07, 6.45) is 5.58. The molecule has 0 heterocycles. The van der Waals surface area contributed by atoms with Crippen molar-refractivity contribution in [2.45, 2.75) is 38.2 Å². The summed E-state index contributed by atoms with van der Waals surface area (Å²) in [5.41, 5.74) is 0.897. The lowest BCUT2D eigenvalue weighted by molar-refractivity contribution is 0.141. The fourth-order valence-corrected chi connectivity index (χ4v) is 3.03. The highest BCUT2D eigenvalue weighted by Gasteiger charge is 2.21. The Balaban J connectivity index is 2.11. The van der Waals surface area contributed by atoms with Crippen LogP contribution in [0.15, 0.2) is 22.7 Å². The van der Waals surface area contributed by atoms with E-state index >= 15 is 0 Å². The van der Waals surface area contributed by atoms with Crippen LogP contribution in [0.2, 0.25) is 0 Å². The number of hydrogen-bond acceptors (Lipinski definition) is 2. The first-order chi connectivity index (χ1) is 8.20. The van der Waals surface area contributed by atoms with E-state index < -0.39 is 6.10 Å². The molecule has 94 valence electrons. The Morgan fingerprint density at radius 3 is 2.76 bits per heavy atom. The molecule has 1 aromatic rings. The molecular weight excluding hydrogens is 280 g/mol. The summed E-state index contributed by atoms with van der Waals surface area (Å²) < 4.78 is 6.29. The summed E-state index contributed by atoms with van der Waals surface area (Å²) in [6.45, 7) is 0. The van der Waals surface area contributed by atoms with Crippen molar-refractivity contribution in [2.24, 2.45) is 5.92 Å². The van der Waals surface area contributed by atoms with Crippen molar-refractivity contribution in [1.82, 2.24) is 0 Å². The number of hydrogen-bond donors (Lipinski definition) is 1. The number of rotatable bonds is 4. The standard InChI is InChI=1S/C14H19BrO2/c1-17-14-7-6-11(15)9-12(14)13(16)8-10-4-2-3-5-10/h6-7,9-10,13,16H,2-5,8H2,1H3. The van der Waals surface area contributed by atoms with Gasteiger partial charge in [-0.05, 0) is 30.5 Å². The molecule has 1 fully saturated rings. The van der Waals surface area contributed by atoms with Gasteiger partial charge in [0.15, 0.2) is 0 Å². The van der Waals surface area contributed by atoms with Gasteiger partial charge in [0.25, 0.3) is 0 Å². The number of aliphatic hydroxyl groups excluding tert-OH is 1. The van der Waals surface area contributed by atoms with Gasteiger partial charge >= 0.3 is 0 Å². The van der Waals surface area contributed by atoms with Crippen LogP contribution in [0.3, 0.4) is 0 Å². The largest absolute Gasteiger partial charge is 0.496 e. The Kier molecular flexibility index (Phi) is 4.46. The van der Waals surface area contributed by atoms with Crippen molar-refractivity contribution in [2.75, 3.05) is 7.11 Å². The number of methoxy groups -OCH3 is 1. The van der Waals surface area contributed by atoms with Crippen molar-refractivity contribution in [3.63, 3.8) is 0 Å². The normalized spacial score (nSPS) is 18.3. The van der Waals surface area contributed by atoms with E-state index in [0.29, 0.717) is 5.92 Å². The van der Waals surface area contributed by atoms with Crippen LogP contribution in [0.25, 0.3) is 0 Å². The van der Waals surface area contributed by atoms with Gasteiger partial charge in [-0.15, -0.1) is 0 Å². The average Bonchev–Trinajstić information content (AvgIpc) is 2.81. The number of halogens is 1. The minimum atomic E-state index is -0.412. The van der Waals surface area contributed by atoms with Crippen molar-refractivity contribution >= 4 is 15.9 Å². The molecule has 0 radical (unpaired) electrons. The molecule has 1 unspecified atom stereocenters. The second-order valence-corrected chi connectivity index (χ2v) is 5.70. The second kappa shape index (κ2) is 5.87. The number of ether oxygens (including phenoxy) is 1. The summed E-state index contributed by atoms with van der Waals surface area (Å²) in [5.74, 6) is 1.45. The third-order valence-electron chi connectivity index (χ3n) is 3.58. The summed E-state index contributed by atoms with van der Waals surface area (Å²) >= 11 is 3.44. The van der Waals surface area contributed by atoms with Gasteiger partial charge in [-0.2, -0.15) is 0 Å². The minimum absolute atomic E-state index is 0.412. The van der Waals surface area contributed by atoms with Gasteiger partial charge in [-0.3, -0.25) is 0 Å².